The molecule has 0 aromatic carbocycles. The third-order valence-electron chi connectivity index (χ3n) is 5.70. The summed E-state index contributed by atoms with van der Waals surface area (Å²) in [7, 11) is 1.39. The lowest BCUT2D eigenvalue weighted by atomic mass is 9.81. The number of hydrogen-bond donors (Lipinski definition) is 0. The Morgan fingerprint density at radius 1 is 1.31 bits per heavy atom. The number of thiophene rings is 1. The predicted octanol–water partition coefficient (Wildman–Crippen LogP) is 5.42. The molecule has 2 aliphatic rings. The van der Waals surface area contributed by atoms with Gasteiger partial charge in [-0.25, -0.2) is 4.79 Å². The van der Waals surface area contributed by atoms with Crippen molar-refractivity contribution in [1.82, 2.24) is 4.90 Å². The fraction of sp³-hybridized carbons (Fsp3) is 0.737. The Labute approximate surface area is 156 Å². The van der Waals surface area contributed by atoms with E-state index in [0.29, 0.717) is 29.6 Å². The van der Waals surface area contributed by atoms with Gasteiger partial charge in [-0.3, -0.25) is 4.90 Å². The lowest BCUT2D eigenvalue weighted by Crippen LogP contribution is -2.35. The van der Waals surface area contributed by atoms with E-state index in [1.165, 1.54) is 23.3 Å². The minimum Gasteiger partial charge on any atom is -0.465 e. The Morgan fingerprint density at radius 2 is 1.96 bits per heavy atom. The molecular weight excluding hydrogens is 363 g/mol. The average Bonchev–Trinajstić information content (AvgIpc) is 3.10. The van der Waals surface area contributed by atoms with Crippen molar-refractivity contribution in [3.8, 4) is 0 Å². The molecule has 7 heteroatoms. The number of esters is 1. The Balaban J connectivity index is 1.66. The van der Waals surface area contributed by atoms with Crippen LogP contribution in [0.5, 0.6) is 0 Å². The maximum atomic E-state index is 12.9. The Morgan fingerprint density at radius 3 is 2.50 bits per heavy atom. The lowest BCUT2D eigenvalue weighted by molar-refractivity contribution is -0.184. The average molecular weight is 389 g/mol. The zero-order chi connectivity index (χ0) is 19.1. The van der Waals surface area contributed by atoms with Crippen LogP contribution in [0.1, 0.15) is 65.7 Å². The Hall–Kier alpha value is -1.08. The summed E-state index contributed by atoms with van der Waals surface area (Å²) in [4.78, 5) is 16.0. The van der Waals surface area contributed by atoms with Crippen molar-refractivity contribution in [2.75, 3.05) is 13.7 Å². The molecule has 2 heterocycles. The second kappa shape index (κ2) is 7.50. The third kappa shape index (κ3) is 3.93. The SMILES string of the molecule is COC(=O)c1cc2c(s1)C(C(C)C)N(C[C@H]1CC[C@H](C(F)(F)F)CC1)C2. The van der Waals surface area contributed by atoms with Gasteiger partial charge in [-0.05, 0) is 49.1 Å². The third-order valence-corrected chi connectivity index (χ3v) is 6.93. The quantitative estimate of drug-likeness (QED) is 0.645. The molecule has 1 saturated carbocycles. The monoisotopic (exact) mass is 389 g/mol. The van der Waals surface area contributed by atoms with E-state index in [1.54, 1.807) is 0 Å². The number of nitrogens with zero attached hydrogens (tertiary/aromatic N) is 1. The van der Waals surface area contributed by atoms with E-state index < -0.39 is 12.1 Å². The van der Waals surface area contributed by atoms with Crippen LogP contribution < -0.4 is 0 Å². The molecule has 0 radical (unpaired) electrons. The van der Waals surface area contributed by atoms with Crippen LogP contribution in [-0.2, 0) is 11.3 Å². The standard InChI is InChI=1S/C19H26F3NO2S/c1-11(2)16-17-13(8-15(26-17)18(24)25-3)10-23(16)9-12-4-6-14(7-5-12)19(20,21)22/h8,11-12,14,16H,4-7,9-10H2,1-3H3/t12-,14-,16?. The van der Waals surface area contributed by atoms with Gasteiger partial charge in [-0.2, -0.15) is 13.2 Å². The molecule has 1 aromatic rings. The second-order valence-corrected chi connectivity index (χ2v) is 8.95. The van der Waals surface area contributed by atoms with Gasteiger partial charge in [0, 0.05) is 24.0 Å². The molecule has 0 spiro atoms. The largest absolute Gasteiger partial charge is 0.465 e. The first-order valence-corrected chi connectivity index (χ1v) is 10.0. The van der Waals surface area contributed by atoms with Crippen molar-refractivity contribution in [2.45, 2.75) is 58.3 Å². The minimum atomic E-state index is -4.05. The molecule has 1 unspecified atom stereocenters. The highest BCUT2D eigenvalue weighted by atomic mass is 32.1. The number of alkyl halides is 3. The summed E-state index contributed by atoms with van der Waals surface area (Å²) in [5, 5.41) is 0. The highest BCUT2D eigenvalue weighted by Crippen LogP contribution is 2.46. The van der Waals surface area contributed by atoms with Crippen molar-refractivity contribution < 1.29 is 22.7 Å². The molecule has 146 valence electrons. The molecule has 3 nitrogen and oxygen atoms in total. The summed E-state index contributed by atoms with van der Waals surface area (Å²) in [6.07, 6.45) is -2.25. The van der Waals surface area contributed by atoms with Crippen LogP contribution in [0.3, 0.4) is 0 Å². The van der Waals surface area contributed by atoms with Crippen LogP contribution in [0.4, 0.5) is 13.2 Å². The van der Waals surface area contributed by atoms with Crippen molar-refractivity contribution in [3.63, 3.8) is 0 Å². The van der Waals surface area contributed by atoms with Crippen LogP contribution in [0.2, 0.25) is 0 Å². The number of carbonyl (C=O) groups excluding carboxylic acids is 1. The Kier molecular flexibility index (Phi) is 5.68. The summed E-state index contributed by atoms with van der Waals surface area (Å²) < 4.78 is 43.4. The number of rotatable bonds is 4. The van der Waals surface area contributed by atoms with Gasteiger partial charge in [0.1, 0.15) is 4.88 Å². The first-order chi connectivity index (χ1) is 12.2. The van der Waals surface area contributed by atoms with Gasteiger partial charge < -0.3 is 4.74 Å². The lowest BCUT2D eigenvalue weighted by Gasteiger charge is -2.35. The first-order valence-electron chi connectivity index (χ1n) is 9.22. The van der Waals surface area contributed by atoms with E-state index >= 15 is 0 Å². The normalized spacial score (nSPS) is 27.0. The van der Waals surface area contributed by atoms with Crippen LogP contribution in [0, 0.1) is 17.8 Å². The van der Waals surface area contributed by atoms with Gasteiger partial charge in [0.25, 0.3) is 0 Å². The zero-order valence-electron chi connectivity index (χ0n) is 15.4. The van der Waals surface area contributed by atoms with E-state index in [9.17, 15) is 18.0 Å². The van der Waals surface area contributed by atoms with Gasteiger partial charge in [0.05, 0.1) is 13.0 Å². The zero-order valence-corrected chi connectivity index (χ0v) is 16.3. The number of ether oxygens (including phenoxy) is 1. The predicted molar refractivity (Wildman–Crippen MR) is 95.2 cm³/mol. The van der Waals surface area contributed by atoms with Crippen molar-refractivity contribution in [2.24, 2.45) is 17.8 Å². The molecule has 1 atom stereocenters. The maximum absolute atomic E-state index is 12.9. The van der Waals surface area contributed by atoms with Gasteiger partial charge >= 0.3 is 12.1 Å². The molecule has 0 bridgehead atoms. The maximum Gasteiger partial charge on any atom is 0.391 e. The van der Waals surface area contributed by atoms with E-state index in [0.717, 1.165) is 18.7 Å². The second-order valence-electron chi connectivity index (χ2n) is 7.87. The molecule has 1 aliphatic heterocycles. The van der Waals surface area contributed by atoms with E-state index in [2.05, 4.69) is 18.7 Å². The molecular formula is C19H26F3NO2S. The highest BCUT2D eigenvalue weighted by molar-refractivity contribution is 7.14. The van der Waals surface area contributed by atoms with E-state index in [-0.39, 0.29) is 24.9 Å². The molecule has 1 aliphatic carbocycles. The van der Waals surface area contributed by atoms with Crippen LogP contribution in [-0.4, -0.2) is 30.7 Å². The van der Waals surface area contributed by atoms with Gasteiger partial charge in [-0.1, -0.05) is 13.8 Å². The number of halogens is 3. The molecule has 0 saturated heterocycles. The number of methoxy groups -OCH3 is 1. The van der Waals surface area contributed by atoms with Crippen LogP contribution in [0.15, 0.2) is 6.07 Å². The van der Waals surface area contributed by atoms with Gasteiger partial charge in [0.15, 0.2) is 0 Å². The van der Waals surface area contributed by atoms with Crippen LogP contribution >= 0.6 is 11.3 Å². The van der Waals surface area contributed by atoms with Crippen molar-refractivity contribution >= 4 is 17.3 Å². The van der Waals surface area contributed by atoms with Crippen molar-refractivity contribution in [1.29, 1.82) is 0 Å². The van der Waals surface area contributed by atoms with Crippen LogP contribution in [0.25, 0.3) is 0 Å². The molecule has 1 aromatic heterocycles. The number of carbonyl (C=O) groups is 1. The summed E-state index contributed by atoms with van der Waals surface area (Å²) in [5.41, 5.74) is 1.16. The minimum absolute atomic E-state index is 0.230. The smallest absolute Gasteiger partial charge is 0.391 e. The fourth-order valence-electron chi connectivity index (χ4n) is 4.41. The summed E-state index contributed by atoms with van der Waals surface area (Å²) in [5.74, 6) is -0.720. The van der Waals surface area contributed by atoms with Crippen molar-refractivity contribution in [3.05, 3.63) is 21.4 Å². The topological polar surface area (TPSA) is 29.5 Å². The molecule has 3 rings (SSSR count). The van der Waals surface area contributed by atoms with Gasteiger partial charge in [0.2, 0.25) is 0 Å². The highest BCUT2D eigenvalue weighted by Gasteiger charge is 2.42. The summed E-state index contributed by atoms with van der Waals surface area (Å²) in [6.45, 7) is 5.92. The number of hydrogen-bond acceptors (Lipinski definition) is 4. The number of fused-ring (bicyclic) bond motifs is 1. The van der Waals surface area contributed by atoms with Gasteiger partial charge in [-0.15, -0.1) is 11.3 Å². The summed E-state index contributed by atoms with van der Waals surface area (Å²) >= 11 is 1.50. The molecule has 0 amide bonds. The summed E-state index contributed by atoms with van der Waals surface area (Å²) in [6, 6.07) is 2.15. The molecule has 1 fully saturated rings. The fourth-order valence-corrected chi connectivity index (χ4v) is 5.81. The molecule has 0 N–H and O–H groups in total. The van der Waals surface area contributed by atoms with E-state index in [4.69, 9.17) is 4.74 Å². The van der Waals surface area contributed by atoms with E-state index in [1.807, 2.05) is 6.07 Å². The Bertz CT molecular complexity index is 648. The molecule has 26 heavy (non-hydrogen) atoms. The first kappa shape index (κ1) is 19.7.